The summed E-state index contributed by atoms with van der Waals surface area (Å²) < 4.78 is 5.59. The summed E-state index contributed by atoms with van der Waals surface area (Å²) in [6, 6.07) is 24.6. The van der Waals surface area contributed by atoms with E-state index in [2.05, 4.69) is 10.6 Å². The van der Waals surface area contributed by atoms with Gasteiger partial charge >= 0.3 is 0 Å². The number of ether oxygens (including phenoxy) is 1. The van der Waals surface area contributed by atoms with Crippen LogP contribution in [-0.4, -0.2) is 18.4 Å². The van der Waals surface area contributed by atoms with Gasteiger partial charge < -0.3 is 15.4 Å². The maximum atomic E-state index is 12.6. The SMILES string of the molecule is CC(=O)Nc1ccc(OCC(=O)N[C@@H](c2ccccc2)c2ccc(C)cc2)cc1. The zero-order valence-electron chi connectivity index (χ0n) is 16.5. The largest absolute Gasteiger partial charge is 0.484 e. The van der Waals surface area contributed by atoms with Crippen molar-refractivity contribution in [2.45, 2.75) is 19.9 Å². The third kappa shape index (κ3) is 5.94. The molecule has 0 radical (unpaired) electrons. The van der Waals surface area contributed by atoms with E-state index in [1.165, 1.54) is 6.92 Å². The van der Waals surface area contributed by atoms with Crippen molar-refractivity contribution in [3.05, 3.63) is 95.6 Å². The molecule has 3 aromatic rings. The Morgan fingerprint density at radius 1 is 0.862 bits per heavy atom. The monoisotopic (exact) mass is 388 g/mol. The van der Waals surface area contributed by atoms with Crippen LogP contribution in [0.4, 0.5) is 5.69 Å². The molecule has 0 aliphatic rings. The summed E-state index contributed by atoms with van der Waals surface area (Å²) in [5.41, 5.74) is 3.86. The van der Waals surface area contributed by atoms with E-state index in [4.69, 9.17) is 4.74 Å². The normalized spacial score (nSPS) is 11.4. The first kappa shape index (κ1) is 20.1. The third-order valence-electron chi connectivity index (χ3n) is 4.39. The summed E-state index contributed by atoms with van der Waals surface area (Å²) in [6.07, 6.45) is 0. The van der Waals surface area contributed by atoms with E-state index < -0.39 is 0 Å². The van der Waals surface area contributed by atoms with Crippen LogP contribution in [0.15, 0.2) is 78.9 Å². The average Bonchev–Trinajstić information content (AvgIpc) is 2.72. The van der Waals surface area contributed by atoms with Gasteiger partial charge in [0.2, 0.25) is 5.91 Å². The zero-order chi connectivity index (χ0) is 20.6. The molecule has 3 aromatic carbocycles. The number of carbonyl (C=O) groups excluding carboxylic acids is 2. The van der Waals surface area contributed by atoms with Crippen molar-refractivity contribution >= 4 is 17.5 Å². The Kier molecular flexibility index (Phi) is 6.63. The summed E-state index contributed by atoms with van der Waals surface area (Å²) in [5.74, 6) is 0.201. The van der Waals surface area contributed by atoms with Crippen molar-refractivity contribution in [1.82, 2.24) is 5.32 Å². The van der Waals surface area contributed by atoms with Crippen LogP contribution in [-0.2, 0) is 9.59 Å². The molecule has 0 aromatic heterocycles. The van der Waals surface area contributed by atoms with Gasteiger partial charge in [0.1, 0.15) is 5.75 Å². The molecule has 0 aliphatic heterocycles. The van der Waals surface area contributed by atoms with Gasteiger partial charge in [-0.1, -0.05) is 60.2 Å². The topological polar surface area (TPSA) is 67.4 Å². The number of carbonyl (C=O) groups is 2. The molecular weight excluding hydrogens is 364 g/mol. The van der Waals surface area contributed by atoms with Gasteiger partial charge in [0.25, 0.3) is 5.91 Å². The zero-order valence-corrected chi connectivity index (χ0v) is 16.5. The minimum Gasteiger partial charge on any atom is -0.484 e. The maximum Gasteiger partial charge on any atom is 0.258 e. The second kappa shape index (κ2) is 9.55. The molecule has 0 spiro atoms. The van der Waals surface area contributed by atoms with Gasteiger partial charge in [-0.3, -0.25) is 9.59 Å². The van der Waals surface area contributed by atoms with Crippen molar-refractivity contribution in [3.8, 4) is 5.75 Å². The summed E-state index contributed by atoms with van der Waals surface area (Å²) >= 11 is 0. The van der Waals surface area contributed by atoms with Gasteiger partial charge in [-0.15, -0.1) is 0 Å². The van der Waals surface area contributed by atoms with Crippen LogP contribution in [0.1, 0.15) is 29.7 Å². The molecule has 2 amide bonds. The first-order chi connectivity index (χ1) is 14.0. The summed E-state index contributed by atoms with van der Waals surface area (Å²) in [6.45, 7) is 3.38. The van der Waals surface area contributed by atoms with E-state index in [0.29, 0.717) is 11.4 Å². The fourth-order valence-corrected chi connectivity index (χ4v) is 2.95. The maximum absolute atomic E-state index is 12.6. The fraction of sp³-hybridized carbons (Fsp3) is 0.167. The highest BCUT2D eigenvalue weighted by atomic mass is 16.5. The lowest BCUT2D eigenvalue weighted by molar-refractivity contribution is -0.123. The van der Waals surface area contributed by atoms with Gasteiger partial charge in [0.15, 0.2) is 6.61 Å². The molecule has 3 rings (SSSR count). The highest BCUT2D eigenvalue weighted by Gasteiger charge is 2.17. The van der Waals surface area contributed by atoms with E-state index in [0.717, 1.165) is 16.7 Å². The van der Waals surface area contributed by atoms with Crippen molar-refractivity contribution < 1.29 is 14.3 Å². The highest BCUT2D eigenvalue weighted by Crippen LogP contribution is 2.22. The predicted octanol–water partition coefficient (Wildman–Crippen LogP) is 4.24. The lowest BCUT2D eigenvalue weighted by Crippen LogP contribution is -2.33. The molecular formula is C24H24N2O3. The summed E-state index contributed by atoms with van der Waals surface area (Å²) in [5, 5.41) is 5.75. The molecule has 0 heterocycles. The van der Waals surface area contributed by atoms with E-state index in [-0.39, 0.29) is 24.5 Å². The van der Waals surface area contributed by atoms with Crippen molar-refractivity contribution in [1.29, 1.82) is 0 Å². The van der Waals surface area contributed by atoms with Gasteiger partial charge in [-0.25, -0.2) is 0 Å². The van der Waals surface area contributed by atoms with Crippen molar-refractivity contribution in [3.63, 3.8) is 0 Å². The second-order valence-electron chi connectivity index (χ2n) is 6.82. The number of aryl methyl sites for hydroxylation is 1. The second-order valence-corrected chi connectivity index (χ2v) is 6.82. The lowest BCUT2D eigenvalue weighted by Gasteiger charge is -2.20. The summed E-state index contributed by atoms with van der Waals surface area (Å²) in [7, 11) is 0. The van der Waals surface area contributed by atoms with Crippen molar-refractivity contribution in [2.24, 2.45) is 0 Å². The van der Waals surface area contributed by atoms with Gasteiger partial charge in [0, 0.05) is 12.6 Å². The molecule has 2 N–H and O–H groups in total. The number of benzene rings is 3. The van der Waals surface area contributed by atoms with Gasteiger partial charge in [0.05, 0.1) is 6.04 Å². The Morgan fingerprint density at radius 3 is 2.10 bits per heavy atom. The average molecular weight is 388 g/mol. The Balaban J connectivity index is 1.65. The number of nitrogens with one attached hydrogen (secondary N) is 2. The Hall–Kier alpha value is -3.60. The van der Waals surface area contributed by atoms with E-state index in [9.17, 15) is 9.59 Å². The van der Waals surface area contributed by atoms with Crippen LogP contribution in [0.3, 0.4) is 0 Å². The fourth-order valence-electron chi connectivity index (χ4n) is 2.95. The Morgan fingerprint density at radius 2 is 1.48 bits per heavy atom. The van der Waals surface area contributed by atoms with Crippen LogP contribution >= 0.6 is 0 Å². The molecule has 5 heteroatoms. The molecule has 0 fully saturated rings. The van der Waals surface area contributed by atoms with Crippen LogP contribution in [0.5, 0.6) is 5.75 Å². The van der Waals surface area contributed by atoms with E-state index in [1.807, 2.05) is 61.5 Å². The van der Waals surface area contributed by atoms with Crippen LogP contribution < -0.4 is 15.4 Å². The van der Waals surface area contributed by atoms with Crippen LogP contribution in [0.2, 0.25) is 0 Å². The first-order valence-corrected chi connectivity index (χ1v) is 9.42. The highest BCUT2D eigenvalue weighted by molar-refractivity contribution is 5.88. The van der Waals surface area contributed by atoms with Gasteiger partial charge in [-0.2, -0.15) is 0 Å². The Labute approximate surface area is 170 Å². The number of rotatable bonds is 7. The Bertz CT molecular complexity index is 952. The van der Waals surface area contributed by atoms with Crippen LogP contribution in [0.25, 0.3) is 0 Å². The number of hydrogen-bond donors (Lipinski definition) is 2. The van der Waals surface area contributed by atoms with Crippen LogP contribution in [0, 0.1) is 6.92 Å². The summed E-state index contributed by atoms with van der Waals surface area (Å²) in [4.78, 5) is 23.6. The third-order valence-corrected chi connectivity index (χ3v) is 4.39. The lowest BCUT2D eigenvalue weighted by atomic mass is 9.98. The smallest absolute Gasteiger partial charge is 0.258 e. The predicted molar refractivity (Wildman–Crippen MR) is 114 cm³/mol. The quantitative estimate of drug-likeness (QED) is 0.636. The molecule has 0 saturated carbocycles. The van der Waals surface area contributed by atoms with E-state index >= 15 is 0 Å². The van der Waals surface area contributed by atoms with Gasteiger partial charge in [-0.05, 0) is 42.3 Å². The number of hydrogen-bond acceptors (Lipinski definition) is 3. The molecule has 5 nitrogen and oxygen atoms in total. The number of anilines is 1. The first-order valence-electron chi connectivity index (χ1n) is 9.42. The minimum absolute atomic E-state index is 0.103. The molecule has 0 saturated heterocycles. The molecule has 1 atom stereocenters. The van der Waals surface area contributed by atoms with E-state index in [1.54, 1.807) is 24.3 Å². The molecule has 148 valence electrons. The van der Waals surface area contributed by atoms with Crippen molar-refractivity contribution in [2.75, 3.05) is 11.9 Å². The minimum atomic E-state index is -0.255. The molecule has 0 unspecified atom stereocenters. The molecule has 0 bridgehead atoms. The molecule has 29 heavy (non-hydrogen) atoms. The number of amides is 2. The molecule has 0 aliphatic carbocycles. The standard InChI is InChI=1S/C24H24N2O3/c1-17-8-10-20(11-9-17)24(19-6-4-3-5-7-19)26-23(28)16-29-22-14-12-21(13-15-22)25-18(2)27/h3-15,24H,16H2,1-2H3,(H,25,27)(H,26,28)/t24-/m0/s1.